The number of nitrogens with one attached hydrogen (secondary N) is 1. The number of benzene rings is 1. The van der Waals surface area contributed by atoms with E-state index in [2.05, 4.69) is 30.3 Å². The van der Waals surface area contributed by atoms with Gasteiger partial charge in [-0.3, -0.25) is 0 Å². The average Bonchev–Trinajstić information content (AvgIpc) is 2.42. The van der Waals surface area contributed by atoms with E-state index in [1.165, 1.54) is 30.4 Å². The molecule has 18 heavy (non-hydrogen) atoms. The van der Waals surface area contributed by atoms with Gasteiger partial charge in [0.25, 0.3) is 0 Å². The van der Waals surface area contributed by atoms with E-state index in [9.17, 15) is 0 Å². The molecular weight excluding hydrogens is 222 g/mol. The zero-order valence-electron chi connectivity index (χ0n) is 11.0. The second-order valence-corrected chi connectivity index (χ2v) is 4.72. The first kappa shape index (κ1) is 13.0. The van der Waals surface area contributed by atoms with E-state index in [0.717, 1.165) is 18.7 Å². The minimum absolute atomic E-state index is 0.351. The summed E-state index contributed by atoms with van der Waals surface area (Å²) in [7, 11) is 0. The van der Waals surface area contributed by atoms with Crippen molar-refractivity contribution in [1.82, 2.24) is 5.32 Å². The van der Waals surface area contributed by atoms with Crippen LogP contribution in [-0.4, -0.2) is 13.2 Å². The lowest BCUT2D eigenvalue weighted by Gasteiger charge is -2.27. The molecule has 1 aromatic rings. The fourth-order valence-electron chi connectivity index (χ4n) is 2.60. The summed E-state index contributed by atoms with van der Waals surface area (Å²) in [5.74, 6) is 3.50. The summed E-state index contributed by atoms with van der Waals surface area (Å²) in [5.41, 5.74) is 2.73. The molecule has 0 aromatic heterocycles. The van der Waals surface area contributed by atoms with Crippen LogP contribution in [-0.2, 0) is 6.42 Å². The fourth-order valence-corrected chi connectivity index (χ4v) is 2.60. The van der Waals surface area contributed by atoms with Gasteiger partial charge in [0.1, 0.15) is 12.4 Å². The molecular formula is C16H21NO. The Morgan fingerprint density at radius 1 is 1.50 bits per heavy atom. The van der Waals surface area contributed by atoms with Crippen molar-refractivity contribution < 1.29 is 4.74 Å². The SMILES string of the molecule is C#CCOc1cccc2c1CCCC2NCCC. The molecule has 1 unspecified atom stereocenters. The quantitative estimate of drug-likeness (QED) is 0.802. The van der Waals surface area contributed by atoms with Gasteiger partial charge in [0, 0.05) is 6.04 Å². The summed E-state index contributed by atoms with van der Waals surface area (Å²) < 4.78 is 5.64. The van der Waals surface area contributed by atoms with E-state index >= 15 is 0 Å². The van der Waals surface area contributed by atoms with Crippen LogP contribution in [0, 0.1) is 12.3 Å². The van der Waals surface area contributed by atoms with Crippen LogP contribution in [0.25, 0.3) is 0 Å². The Labute approximate surface area is 110 Å². The fraction of sp³-hybridized carbons (Fsp3) is 0.500. The van der Waals surface area contributed by atoms with Crippen LogP contribution in [0.15, 0.2) is 18.2 Å². The van der Waals surface area contributed by atoms with Gasteiger partial charge in [0.15, 0.2) is 0 Å². The summed E-state index contributed by atoms with van der Waals surface area (Å²) in [6.07, 6.45) is 9.95. The molecule has 0 saturated heterocycles. The van der Waals surface area contributed by atoms with Gasteiger partial charge in [0.05, 0.1) is 0 Å². The Bertz CT molecular complexity index is 433. The van der Waals surface area contributed by atoms with E-state index in [-0.39, 0.29) is 0 Å². The Balaban J connectivity index is 2.20. The molecule has 0 bridgehead atoms. The summed E-state index contributed by atoms with van der Waals surface area (Å²) in [4.78, 5) is 0. The third-order valence-corrected chi connectivity index (χ3v) is 3.42. The molecule has 0 radical (unpaired) electrons. The number of fused-ring (bicyclic) bond motifs is 1. The van der Waals surface area contributed by atoms with Crippen molar-refractivity contribution in [3.63, 3.8) is 0 Å². The molecule has 0 heterocycles. The minimum atomic E-state index is 0.351. The third-order valence-electron chi connectivity index (χ3n) is 3.42. The Morgan fingerprint density at radius 2 is 2.39 bits per heavy atom. The first-order valence-electron chi connectivity index (χ1n) is 6.78. The normalized spacial score (nSPS) is 17.9. The van der Waals surface area contributed by atoms with Crippen molar-refractivity contribution in [2.45, 2.75) is 38.6 Å². The average molecular weight is 243 g/mol. The second-order valence-electron chi connectivity index (χ2n) is 4.72. The van der Waals surface area contributed by atoms with Crippen LogP contribution >= 0.6 is 0 Å². The molecule has 0 fully saturated rings. The highest BCUT2D eigenvalue weighted by molar-refractivity contribution is 5.43. The predicted octanol–water partition coefficient (Wildman–Crippen LogP) is 3.08. The van der Waals surface area contributed by atoms with Crippen molar-refractivity contribution in [1.29, 1.82) is 0 Å². The van der Waals surface area contributed by atoms with Gasteiger partial charge in [-0.1, -0.05) is 25.0 Å². The summed E-state index contributed by atoms with van der Waals surface area (Å²) in [6.45, 7) is 3.62. The molecule has 1 aliphatic rings. The molecule has 2 nitrogen and oxygen atoms in total. The number of terminal acetylenes is 1. The molecule has 0 aliphatic heterocycles. The molecule has 1 atom stereocenters. The van der Waals surface area contributed by atoms with E-state index in [4.69, 9.17) is 11.2 Å². The number of rotatable bonds is 5. The summed E-state index contributed by atoms with van der Waals surface area (Å²) in [6, 6.07) is 6.78. The topological polar surface area (TPSA) is 21.3 Å². The van der Waals surface area contributed by atoms with E-state index in [0.29, 0.717) is 12.6 Å². The third kappa shape index (κ3) is 2.86. The molecule has 2 heteroatoms. The first-order valence-corrected chi connectivity index (χ1v) is 6.78. The monoisotopic (exact) mass is 243 g/mol. The lowest BCUT2D eigenvalue weighted by Crippen LogP contribution is -2.26. The lowest BCUT2D eigenvalue weighted by molar-refractivity contribution is 0.359. The van der Waals surface area contributed by atoms with Gasteiger partial charge in [0.2, 0.25) is 0 Å². The number of hydrogen-bond acceptors (Lipinski definition) is 2. The van der Waals surface area contributed by atoms with Crippen molar-refractivity contribution in [3.8, 4) is 18.1 Å². The molecule has 96 valence electrons. The Hall–Kier alpha value is -1.46. The van der Waals surface area contributed by atoms with Crippen LogP contribution in [0.4, 0.5) is 0 Å². The Morgan fingerprint density at radius 3 is 3.17 bits per heavy atom. The maximum absolute atomic E-state index is 5.64. The molecule has 0 amide bonds. The Kier molecular flexibility index (Phi) is 4.66. The van der Waals surface area contributed by atoms with Gasteiger partial charge < -0.3 is 10.1 Å². The summed E-state index contributed by atoms with van der Waals surface area (Å²) in [5, 5.41) is 3.61. The van der Waals surface area contributed by atoms with Crippen LogP contribution in [0.5, 0.6) is 5.75 Å². The van der Waals surface area contributed by atoms with Crippen LogP contribution in [0.2, 0.25) is 0 Å². The zero-order valence-corrected chi connectivity index (χ0v) is 11.0. The maximum atomic E-state index is 5.64. The largest absolute Gasteiger partial charge is 0.481 e. The lowest BCUT2D eigenvalue weighted by atomic mass is 9.87. The standard InChI is InChI=1S/C16H21NO/c1-3-11-17-15-9-5-8-14-13(15)7-6-10-16(14)18-12-4-2/h2,6-7,10,15,17H,3,5,8-9,11-12H2,1H3. The van der Waals surface area contributed by atoms with Gasteiger partial charge in [-0.25, -0.2) is 0 Å². The zero-order chi connectivity index (χ0) is 12.8. The van der Waals surface area contributed by atoms with E-state index in [1.54, 1.807) is 0 Å². The predicted molar refractivity (Wildman–Crippen MR) is 74.7 cm³/mol. The van der Waals surface area contributed by atoms with Crippen LogP contribution < -0.4 is 10.1 Å². The van der Waals surface area contributed by atoms with Crippen molar-refractivity contribution in [2.24, 2.45) is 0 Å². The van der Waals surface area contributed by atoms with Gasteiger partial charge >= 0.3 is 0 Å². The smallest absolute Gasteiger partial charge is 0.148 e. The van der Waals surface area contributed by atoms with E-state index in [1.807, 2.05) is 6.07 Å². The maximum Gasteiger partial charge on any atom is 0.148 e. The minimum Gasteiger partial charge on any atom is -0.481 e. The highest BCUT2D eigenvalue weighted by atomic mass is 16.5. The molecule has 1 aliphatic carbocycles. The van der Waals surface area contributed by atoms with Gasteiger partial charge in [-0.05, 0) is 49.4 Å². The molecule has 1 N–H and O–H groups in total. The van der Waals surface area contributed by atoms with E-state index < -0.39 is 0 Å². The van der Waals surface area contributed by atoms with Crippen molar-refractivity contribution >= 4 is 0 Å². The first-order chi connectivity index (χ1) is 8.86. The van der Waals surface area contributed by atoms with Gasteiger partial charge in [-0.15, -0.1) is 6.42 Å². The highest BCUT2D eigenvalue weighted by Crippen LogP contribution is 2.35. The molecule has 0 spiro atoms. The molecule has 0 saturated carbocycles. The number of hydrogen-bond donors (Lipinski definition) is 1. The number of ether oxygens (including phenoxy) is 1. The van der Waals surface area contributed by atoms with Crippen LogP contribution in [0.1, 0.15) is 43.4 Å². The summed E-state index contributed by atoms with van der Waals surface area (Å²) >= 11 is 0. The second kappa shape index (κ2) is 6.47. The van der Waals surface area contributed by atoms with Crippen LogP contribution in [0.3, 0.4) is 0 Å². The van der Waals surface area contributed by atoms with Crippen molar-refractivity contribution in [3.05, 3.63) is 29.3 Å². The molecule has 2 rings (SSSR count). The van der Waals surface area contributed by atoms with Crippen molar-refractivity contribution in [2.75, 3.05) is 13.2 Å². The van der Waals surface area contributed by atoms with Gasteiger partial charge in [-0.2, -0.15) is 0 Å². The molecule has 1 aromatic carbocycles. The highest BCUT2D eigenvalue weighted by Gasteiger charge is 2.21.